The summed E-state index contributed by atoms with van der Waals surface area (Å²) in [5.74, 6) is 1.11. The van der Waals surface area contributed by atoms with Crippen molar-refractivity contribution >= 4 is 39.1 Å². The number of halogens is 3. The molecule has 0 fully saturated rings. The Balaban J connectivity index is 2.27. The number of ether oxygens (including phenoxy) is 1. The summed E-state index contributed by atoms with van der Waals surface area (Å²) in [5, 5.41) is 0.872. The van der Waals surface area contributed by atoms with Gasteiger partial charge in [0.2, 0.25) is 0 Å². The van der Waals surface area contributed by atoms with Gasteiger partial charge in [-0.2, -0.15) is 0 Å². The largest absolute Gasteiger partial charge is 0.455 e. The van der Waals surface area contributed by atoms with Gasteiger partial charge in [-0.1, -0.05) is 45.2 Å². The summed E-state index contributed by atoms with van der Waals surface area (Å²) in [6, 6.07) is 13.6. The van der Waals surface area contributed by atoms with Crippen molar-refractivity contribution in [3.63, 3.8) is 0 Å². The molecule has 0 aliphatic heterocycles. The van der Waals surface area contributed by atoms with E-state index in [1.807, 2.05) is 6.07 Å². The normalized spacial score (nSPS) is 10.2. The number of hydrogen-bond donors (Lipinski definition) is 0. The summed E-state index contributed by atoms with van der Waals surface area (Å²) < 4.78 is 6.49. The van der Waals surface area contributed by atoms with Gasteiger partial charge in [-0.15, -0.1) is 0 Å². The predicted molar refractivity (Wildman–Crippen MR) is 69.5 cm³/mol. The molecule has 16 heavy (non-hydrogen) atoms. The zero-order valence-corrected chi connectivity index (χ0v) is 11.1. The molecule has 0 aliphatic rings. The van der Waals surface area contributed by atoms with Crippen LogP contribution in [0.4, 0.5) is 0 Å². The molecule has 2 rings (SSSR count). The smallest absolute Gasteiger partial charge is 0.147 e. The zero-order valence-electron chi connectivity index (χ0n) is 8.01. The predicted octanol–water partition coefficient (Wildman–Crippen LogP) is 5.35. The average molecular weight is 317 g/mol. The molecule has 0 spiro atoms. The molecule has 4 heteroatoms. The van der Waals surface area contributed by atoms with Crippen molar-refractivity contribution in [3.05, 3.63) is 57.0 Å². The lowest BCUT2D eigenvalue weighted by Gasteiger charge is -2.07. The van der Waals surface area contributed by atoms with E-state index in [1.165, 1.54) is 0 Å². The molecule has 0 atom stereocenters. The Bertz CT molecular complexity index is 497. The van der Waals surface area contributed by atoms with Crippen molar-refractivity contribution in [1.82, 2.24) is 0 Å². The molecule has 0 heterocycles. The summed E-state index contributed by atoms with van der Waals surface area (Å²) in [6.45, 7) is 0. The minimum absolute atomic E-state index is 0.403. The van der Waals surface area contributed by atoms with Crippen LogP contribution in [0.1, 0.15) is 0 Å². The molecule has 0 unspecified atom stereocenters. The van der Waals surface area contributed by atoms with E-state index in [9.17, 15) is 0 Å². The highest BCUT2D eigenvalue weighted by Crippen LogP contribution is 2.34. The first-order chi connectivity index (χ1) is 7.66. The van der Waals surface area contributed by atoms with Gasteiger partial charge in [0, 0.05) is 10.5 Å². The molecule has 0 saturated carbocycles. The van der Waals surface area contributed by atoms with Gasteiger partial charge in [0.25, 0.3) is 0 Å². The van der Waals surface area contributed by atoms with E-state index in [1.54, 1.807) is 30.3 Å². The monoisotopic (exact) mass is 315 g/mol. The molecule has 81 valence electrons. The van der Waals surface area contributed by atoms with Crippen molar-refractivity contribution in [2.24, 2.45) is 0 Å². The minimum Gasteiger partial charge on any atom is -0.455 e. The molecule has 1 radical (unpaired) electrons. The molecule has 2 aromatic carbocycles. The summed E-state index contributed by atoms with van der Waals surface area (Å²) in [4.78, 5) is 0. The summed E-state index contributed by atoms with van der Waals surface area (Å²) in [7, 11) is 0. The first-order valence-corrected chi connectivity index (χ1v) is 6.01. The second kappa shape index (κ2) is 5.09. The zero-order chi connectivity index (χ0) is 11.5. The van der Waals surface area contributed by atoms with E-state index in [0.717, 1.165) is 4.47 Å². The standard InChI is InChI=1S/C12H6BrCl2O/c13-8-4-6-9(7-5-8)16-11-3-1-2-10(14)12(11)15/h1-6H. The van der Waals surface area contributed by atoms with Crippen LogP contribution in [0.2, 0.25) is 10.0 Å². The Morgan fingerprint density at radius 2 is 1.94 bits per heavy atom. The van der Waals surface area contributed by atoms with Crippen molar-refractivity contribution in [1.29, 1.82) is 0 Å². The maximum Gasteiger partial charge on any atom is 0.147 e. The number of rotatable bonds is 2. The molecule has 0 N–H and O–H groups in total. The van der Waals surface area contributed by atoms with Gasteiger partial charge >= 0.3 is 0 Å². The van der Waals surface area contributed by atoms with Gasteiger partial charge in [0.1, 0.15) is 16.5 Å². The lowest BCUT2D eigenvalue weighted by molar-refractivity contribution is 0.482. The lowest BCUT2D eigenvalue weighted by Crippen LogP contribution is -1.85. The Morgan fingerprint density at radius 3 is 2.62 bits per heavy atom. The summed E-state index contributed by atoms with van der Waals surface area (Å²) in [6.07, 6.45) is 0. The second-order valence-corrected chi connectivity index (χ2v) is 4.73. The first kappa shape index (κ1) is 11.8. The topological polar surface area (TPSA) is 9.23 Å². The maximum absolute atomic E-state index is 5.99. The van der Waals surface area contributed by atoms with Crippen LogP contribution in [-0.2, 0) is 0 Å². The van der Waals surface area contributed by atoms with E-state index in [-0.39, 0.29) is 0 Å². The quantitative estimate of drug-likeness (QED) is 0.725. The van der Waals surface area contributed by atoms with Gasteiger partial charge in [0.15, 0.2) is 0 Å². The highest BCUT2D eigenvalue weighted by molar-refractivity contribution is 9.10. The Kier molecular flexibility index (Phi) is 3.74. The molecular weight excluding hydrogens is 311 g/mol. The van der Waals surface area contributed by atoms with Crippen molar-refractivity contribution in [2.45, 2.75) is 0 Å². The molecule has 1 nitrogen and oxygen atoms in total. The van der Waals surface area contributed by atoms with Gasteiger partial charge in [0.05, 0.1) is 5.02 Å². The lowest BCUT2D eigenvalue weighted by atomic mass is 10.3. The van der Waals surface area contributed by atoms with E-state index in [4.69, 9.17) is 27.9 Å². The fourth-order valence-corrected chi connectivity index (χ4v) is 1.71. The second-order valence-electron chi connectivity index (χ2n) is 3.03. The van der Waals surface area contributed by atoms with E-state index in [0.29, 0.717) is 21.5 Å². The Labute approximate surface area is 112 Å². The van der Waals surface area contributed by atoms with Crippen molar-refractivity contribution < 1.29 is 4.74 Å². The van der Waals surface area contributed by atoms with Gasteiger partial charge < -0.3 is 4.74 Å². The van der Waals surface area contributed by atoms with Crippen molar-refractivity contribution in [2.75, 3.05) is 0 Å². The highest BCUT2D eigenvalue weighted by Gasteiger charge is 2.06. The molecule has 0 bridgehead atoms. The van der Waals surface area contributed by atoms with Gasteiger partial charge in [-0.3, -0.25) is 0 Å². The average Bonchev–Trinajstić information content (AvgIpc) is 2.28. The van der Waals surface area contributed by atoms with Crippen LogP contribution in [0, 0.1) is 6.07 Å². The van der Waals surface area contributed by atoms with Crippen LogP contribution < -0.4 is 4.74 Å². The fourth-order valence-electron chi connectivity index (χ4n) is 1.14. The molecule has 0 amide bonds. The Morgan fingerprint density at radius 1 is 1.12 bits per heavy atom. The highest BCUT2D eigenvalue weighted by atomic mass is 79.9. The number of benzene rings is 2. The first-order valence-electron chi connectivity index (χ1n) is 4.46. The summed E-state index contributed by atoms with van der Waals surface area (Å²) >= 11 is 15.2. The van der Waals surface area contributed by atoms with Crippen LogP contribution in [0.3, 0.4) is 0 Å². The Hall–Kier alpha value is -0.700. The molecular formula is C12H6BrCl2O. The summed E-state index contributed by atoms with van der Waals surface area (Å²) in [5.41, 5.74) is 0. The fraction of sp³-hybridized carbons (Fsp3) is 0. The van der Waals surface area contributed by atoms with E-state index in [2.05, 4.69) is 22.0 Å². The molecule has 2 aromatic rings. The minimum atomic E-state index is 0.403. The molecule has 0 aromatic heterocycles. The molecule has 0 aliphatic carbocycles. The molecule has 0 saturated heterocycles. The third-order valence-electron chi connectivity index (χ3n) is 1.88. The van der Waals surface area contributed by atoms with Gasteiger partial charge in [-0.05, 0) is 30.3 Å². The van der Waals surface area contributed by atoms with Crippen LogP contribution in [0.25, 0.3) is 0 Å². The van der Waals surface area contributed by atoms with E-state index < -0.39 is 0 Å². The van der Waals surface area contributed by atoms with Crippen LogP contribution in [0.15, 0.2) is 40.9 Å². The van der Waals surface area contributed by atoms with Crippen molar-refractivity contribution in [3.8, 4) is 11.5 Å². The number of hydrogen-bond acceptors (Lipinski definition) is 1. The van der Waals surface area contributed by atoms with Crippen LogP contribution in [-0.4, -0.2) is 0 Å². The van der Waals surface area contributed by atoms with Crippen LogP contribution >= 0.6 is 39.1 Å². The van der Waals surface area contributed by atoms with Crippen LogP contribution in [0.5, 0.6) is 11.5 Å². The third kappa shape index (κ3) is 2.70. The third-order valence-corrected chi connectivity index (χ3v) is 3.18. The van der Waals surface area contributed by atoms with Gasteiger partial charge in [-0.25, -0.2) is 0 Å². The maximum atomic E-state index is 5.99. The van der Waals surface area contributed by atoms with E-state index >= 15 is 0 Å². The SMILES string of the molecule is Clc1cccc(Oc2[c]cc(Br)cc2)c1Cl.